The van der Waals surface area contributed by atoms with Crippen LogP contribution in [0.15, 0.2) is 30.3 Å². The number of hydrogen-bond donors (Lipinski definition) is 0. The van der Waals surface area contributed by atoms with E-state index in [1.165, 1.54) is 6.42 Å². The van der Waals surface area contributed by atoms with Crippen LogP contribution in [0, 0.1) is 29.1 Å². The van der Waals surface area contributed by atoms with Crippen LogP contribution in [0.4, 0.5) is 0 Å². The molecule has 2 rings (SSSR count). The third kappa shape index (κ3) is 4.69. The first-order valence-corrected chi connectivity index (χ1v) is 10.5. The van der Waals surface area contributed by atoms with Gasteiger partial charge in [-0.25, -0.2) is 0 Å². The SMILES string of the molecule is CC(C)[C@@H]1CC[C@@H](C)C[C@H]1O[P@@](=O)(CCC#N)c1ccccc1. The molecule has 3 nitrogen and oxygen atoms in total. The lowest BCUT2D eigenvalue weighted by Crippen LogP contribution is -2.34. The summed E-state index contributed by atoms with van der Waals surface area (Å²) in [5.74, 6) is 1.58. The van der Waals surface area contributed by atoms with Gasteiger partial charge in [-0.15, -0.1) is 0 Å². The van der Waals surface area contributed by atoms with Crippen molar-refractivity contribution in [3.8, 4) is 6.07 Å². The maximum absolute atomic E-state index is 13.5. The minimum Gasteiger partial charge on any atom is -0.322 e. The molecular formula is C19H28NO2P. The maximum atomic E-state index is 13.5. The summed E-state index contributed by atoms with van der Waals surface area (Å²) in [6.07, 6.45) is 3.92. The summed E-state index contributed by atoms with van der Waals surface area (Å²) in [7, 11) is -2.98. The fraction of sp³-hybridized carbons (Fsp3) is 0.632. The van der Waals surface area contributed by atoms with Crippen molar-refractivity contribution in [2.24, 2.45) is 17.8 Å². The van der Waals surface area contributed by atoms with E-state index in [0.29, 0.717) is 23.9 Å². The van der Waals surface area contributed by atoms with Gasteiger partial charge >= 0.3 is 0 Å². The minimum atomic E-state index is -2.98. The highest BCUT2D eigenvalue weighted by molar-refractivity contribution is 7.67. The Labute approximate surface area is 140 Å². The molecule has 0 saturated heterocycles. The lowest BCUT2D eigenvalue weighted by Gasteiger charge is -2.39. The third-order valence-corrected chi connectivity index (χ3v) is 7.44. The fourth-order valence-electron chi connectivity index (χ4n) is 3.55. The van der Waals surface area contributed by atoms with Gasteiger partial charge in [0.25, 0.3) is 0 Å². The molecule has 0 spiro atoms. The van der Waals surface area contributed by atoms with Crippen LogP contribution in [0.25, 0.3) is 0 Å². The van der Waals surface area contributed by atoms with Crippen molar-refractivity contribution in [2.45, 2.75) is 52.6 Å². The van der Waals surface area contributed by atoms with Gasteiger partial charge in [-0.1, -0.05) is 45.4 Å². The first-order valence-electron chi connectivity index (χ1n) is 8.66. The summed E-state index contributed by atoms with van der Waals surface area (Å²) in [5.41, 5.74) is 0. The number of benzene rings is 1. The first kappa shape index (κ1) is 18.2. The van der Waals surface area contributed by atoms with Gasteiger partial charge in [-0.2, -0.15) is 5.26 Å². The molecule has 0 radical (unpaired) electrons. The zero-order valence-electron chi connectivity index (χ0n) is 14.4. The molecule has 0 unspecified atom stereocenters. The number of rotatable bonds is 6. The predicted molar refractivity (Wildman–Crippen MR) is 95.0 cm³/mol. The molecule has 4 atom stereocenters. The standard InChI is InChI=1S/C19H28NO2P/c1-15(2)18-11-10-16(3)14-19(18)22-23(21,13-7-12-20)17-8-5-4-6-9-17/h4-6,8-9,15-16,18-19H,7,10-11,13-14H2,1-3H3/t16-,18+,19-,23+/m1/s1. The normalized spacial score (nSPS) is 27.3. The summed E-state index contributed by atoms with van der Waals surface area (Å²) in [6, 6.07) is 11.6. The second-order valence-corrected chi connectivity index (χ2v) is 9.63. The van der Waals surface area contributed by atoms with Crippen LogP contribution in [-0.2, 0) is 9.09 Å². The highest BCUT2D eigenvalue weighted by Crippen LogP contribution is 2.51. The van der Waals surface area contributed by atoms with E-state index in [2.05, 4.69) is 26.8 Å². The maximum Gasteiger partial charge on any atom is 0.233 e. The molecular weight excluding hydrogens is 305 g/mol. The van der Waals surface area contributed by atoms with Gasteiger partial charge in [0, 0.05) is 17.9 Å². The molecule has 0 amide bonds. The van der Waals surface area contributed by atoms with E-state index in [4.69, 9.17) is 9.79 Å². The zero-order chi connectivity index (χ0) is 16.9. The van der Waals surface area contributed by atoms with Crippen molar-refractivity contribution in [3.05, 3.63) is 30.3 Å². The quantitative estimate of drug-likeness (QED) is 0.690. The number of nitriles is 1. The minimum absolute atomic E-state index is 0.0310. The Morgan fingerprint density at radius 3 is 2.61 bits per heavy atom. The molecule has 1 aliphatic rings. The van der Waals surface area contributed by atoms with Gasteiger partial charge in [-0.05, 0) is 42.7 Å². The molecule has 1 aliphatic carbocycles. The average molecular weight is 333 g/mol. The Hall–Kier alpha value is -1.10. The van der Waals surface area contributed by atoms with E-state index in [-0.39, 0.29) is 12.5 Å². The summed E-state index contributed by atoms with van der Waals surface area (Å²) in [5, 5.41) is 9.68. The molecule has 1 aromatic carbocycles. The molecule has 0 N–H and O–H groups in total. The van der Waals surface area contributed by atoms with Gasteiger partial charge < -0.3 is 4.52 Å². The molecule has 126 valence electrons. The van der Waals surface area contributed by atoms with E-state index in [1.807, 2.05) is 30.3 Å². The Balaban J connectivity index is 2.25. The van der Waals surface area contributed by atoms with Crippen LogP contribution >= 0.6 is 7.37 Å². The molecule has 0 heterocycles. The van der Waals surface area contributed by atoms with Gasteiger partial charge in [0.2, 0.25) is 7.37 Å². The highest BCUT2D eigenvalue weighted by atomic mass is 31.2. The largest absolute Gasteiger partial charge is 0.322 e. The van der Waals surface area contributed by atoms with E-state index in [1.54, 1.807) is 0 Å². The topological polar surface area (TPSA) is 50.1 Å². The monoisotopic (exact) mass is 333 g/mol. The Kier molecular flexibility index (Phi) is 6.45. The van der Waals surface area contributed by atoms with Crippen molar-refractivity contribution in [2.75, 3.05) is 6.16 Å². The van der Waals surface area contributed by atoms with Crippen LogP contribution in [0.2, 0.25) is 0 Å². The van der Waals surface area contributed by atoms with Crippen LogP contribution in [-0.4, -0.2) is 12.3 Å². The Bertz CT molecular complexity index is 579. The zero-order valence-corrected chi connectivity index (χ0v) is 15.3. The fourth-order valence-corrected chi connectivity index (χ4v) is 5.74. The first-order chi connectivity index (χ1) is 11.0. The van der Waals surface area contributed by atoms with Crippen molar-refractivity contribution < 1.29 is 9.09 Å². The number of hydrogen-bond acceptors (Lipinski definition) is 3. The van der Waals surface area contributed by atoms with Gasteiger partial charge in [0.1, 0.15) is 0 Å². The van der Waals surface area contributed by atoms with E-state index in [0.717, 1.165) is 18.1 Å². The van der Waals surface area contributed by atoms with Crippen LogP contribution < -0.4 is 5.30 Å². The van der Waals surface area contributed by atoms with Crippen LogP contribution in [0.5, 0.6) is 0 Å². The van der Waals surface area contributed by atoms with E-state index in [9.17, 15) is 4.57 Å². The smallest absolute Gasteiger partial charge is 0.233 e. The average Bonchev–Trinajstić information content (AvgIpc) is 2.53. The molecule has 0 bridgehead atoms. The predicted octanol–water partition coefficient (Wildman–Crippen LogP) is 4.98. The second-order valence-electron chi connectivity index (χ2n) is 7.11. The number of nitrogens with zero attached hydrogens (tertiary/aromatic N) is 1. The van der Waals surface area contributed by atoms with Crippen LogP contribution in [0.3, 0.4) is 0 Å². The van der Waals surface area contributed by atoms with Crippen molar-refractivity contribution in [3.63, 3.8) is 0 Å². The molecule has 1 fully saturated rings. The van der Waals surface area contributed by atoms with Gasteiger partial charge in [0.15, 0.2) is 0 Å². The highest BCUT2D eigenvalue weighted by Gasteiger charge is 2.37. The summed E-state index contributed by atoms with van der Waals surface area (Å²) in [6.45, 7) is 6.69. The van der Waals surface area contributed by atoms with Crippen molar-refractivity contribution >= 4 is 12.7 Å². The van der Waals surface area contributed by atoms with E-state index < -0.39 is 7.37 Å². The summed E-state index contributed by atoms with van der Waals surface area (Å²) >= 11 is 0. The van der Waals surface area contributed by atoms with Gasteiger partial charge in [0.05, 0.1) is 12.2 Å². The molecule has 1 saturated carbocycles. The third-order valence-electron chi connectivity index (χ3n) is 4.93. The Morgan fingerprint density at radius 2 is 2.00 bits per heavy atom. The summed E-state index contributed by atoms with van der Waals surface area (Å²) < 4.78 is 19.9. The van der Waals surface area contributed by atoms with Gasteiger partial charge in [-0.3, -0.25) is 4.57 Å². The van der Waals surface area contributed by atoms with Crippen molar-refractivity contribution in [1.29, 1.82) is 5.26 Å². The van der Waals surface area contributed by atoms with Crippen LogP contribution in [0.1, 0.15) is 46.5 Å². The molecule has 4 heteroatoms. The molecule has 0 aliphatic heterocycles. The summed E-state index contributed by atoms with van der Waals surface area (Å²) in [4.78, 5) is 0. The molecule has 0 aromatic heterocycles. The lowest BCUT2D eigenvalue weighted by atomic mass is 9.75. The Morgan fingerprint density at radius 1 is 1.30 bits per heavy atom. The molecule has 1 aromatic rings. The van der Waals surface area contributed by atoms with Crippen molar-refractivity contribution in [1.82, 2.24) is 0 Å². The second kappa shape index (κ2) is 8.13. The van der Waals surface area contributed by atoms with E-state index >= 15 is 0 Å². The molecule has 23 heavy (non-hydrogen) atoms. The lowest BCUT2D eigenvalue weighted by molar-refractivity contribution is 0.0499.